The second-order valence-corrected chi connectivity index (χ2v) is 4.76. The molecular formula is C14H13N5S. The van der Waals surface area contributed by atoms with E-state index in [0.717, 1.165) is 16.8 Å². The van der Waals surface area contributed by atoms with Crippen molar-refractivity contribution in [2.45, 2.75) is 0 Å². The van der Waals surface area contributed by atoms with Crippen LogP contribution in [0.3, 0.4) is 0 Å². The molecule has 2 aromatic heterocycles. The predicted octanol–water partition coefficient (Wildman–Crippen LogP) is 2.83. The molecule has 0 aliphatic rings. The van der Waals surface area contributed by atoms with Crippen LogP contribution < -0.4 is 0 Å². The Labute approximate surface area is 121 Å². The van der Waals surface area contributed by atoms with Gasteiger partial charge in [-0.15, -0.1) is 0 Å². The highest BCUT2D eigenvalue weighted by Crippen LogP contribution is 2.16. The molecule has 100 valence electrons. The lowest BCUT2D eigenvalue weighted by molar-refractivity contribution is 0.767. The van der Waals surface area contributed by atoms with E-state index < -0.39 is 0 Å². The lowest BCUT2D eigenvalue weighted by Crippen LogP contribution is -1.88. The Bertz CT molecular complexity index is 794. The summed E-state index contributed by atoms with van der Waals surface area (Å²) in [6.45, 7) is 0. The molecule has 0 aliphatic heterocycles. The number of H-pyrrole nitrogens is 1. The summed E-state index contributed by atoms with van der Waals surface area (Å²) in [4.78, 5) is 3.15. The first-order valence-corrected chi connectivity index (χ1v) is 6.53. The summed E-state index contributed by atoms with van der Waals surface area (Å²) >= 11 is 5.27. The van der Waals surface area contributed by atoms with Gasteiger partial charge in [0.1, 0.15) is 0 Å². The molecule has 0 aliphatic carbocycles. The molecule has 5 nitrogen and oxygen atoms in total. The van der Waals surface area contributed by atoms with Crippen LogP contribution >= 0.6 is 12.2 Å². The van der Waals surface area contributed by atoms with E-state index in [1.165, 1.54) is 0 Å². The third kappa shape index (κ3) is 2.60. The van der Waals surface area contributed by atoms with Crippen molar-refractivity contribution in [3.63, 3.8) is 0 Å². The number of nitrogens with one attached hydrogen (secondary N) is 1. The largest absolute Gasteiger partial charge is 0.329 e. The first-order chi connectivity index (χ1) is 9.72. The molecule has 0 spiro atoms. The minimum atomic E-state index is 0.559. The molecule has 0 radical (unpaired) electrons. The molecule has 0 unspecified atom stereocenters. The molecule has 3 aromatic rings. The van der Waals surface area contributed by atoms with E-state index in [9.17, 15) is 0 Å². The first kappa shape index (κ1) is 12.6. The minimum Gasteiger partial charge on any atom is -0.329 e. The highest BCUT2D eigenvalue weighted by molar-refractivity contribution is 7.71. The molecular weight excluding hydrogens is 270 g/mol. The zero-order valence-corrected chi connectivity index (χ0v) is 11.7. The van der Waals surface area contributed by atoms with Crippen molar-refractivity contribution in [2.24, 2.45) is 12.1 Å². The van der Waals surface area contributed by atoms with Gasteiger partial charge in [-0.25, -0.2) is 4.68 Å². The number of nitrogens with zero attached hydrogens (tertiary/aromatic N) is 4. The smallest absolute Gasteiger partial charge is 0.198 e. The average molecular weight is 283 g/mol. The standard InChI is InChI=1S/C14H13N5S/c1-18-9-11(7-15-18)8-16-19-10-13(17-14(19)20)12-5-3-2-4-6-12/h2-10H,1H3,(H,17,20)/b16-8+. The topological polar surface area (TPSA) is 50.9 Å². The normalized spacial score (nSPS) is 11.2. The number of benzene rings is 1. The molecule has 0 atom stereocenters. The maximum atomic E-state index is 5.27. The molecule has 1 aromatic carbocycles. The van der Waals surface area contributed by atoms with E-state index in [4.69, 9.17) is 12.2 Å². The number of aryl methyl sites for hydroxylation is 1. The third-order valence-corrected chi connectivity index (χ3v) is 3.13. The fourth-order valence-corrected chi connectivity index (χ4v) is 2.08. The van der Waals surface area contributed by atoms with Gasteiger partial charge in [0.05, 0.1) is 24.3 Å². The summed E-state index contributed by atoms with van der Waals surface area (Å²) in [5, 5.41) is 8.42. The second kappa shape index (κ2) is 5.26. The van der Waals surface area contributed by atoms with Crippen LogP contribution in [-0.4, -0.2) is 25.7 Å². The summed E-state index contributed by atoms with van der Waals surface area (Å²) in [5.74, 6) is 0. The van der Waals surface area contributed by atoms with Crippen LogP contribution in [0, 0.1) is 4.77 Å². The van der Waals surface area contributed by atoms with Crippen molar-refractivity contribution < 1.29 is 0 Å². The number of aromatic amines is 1. The molecule has 0 fully saturated rings. The summed E-state index contributed by atoms with van der Waals surface area (Å²) < 4.78 is 3.93. The quantitative estimate of drug-likeness (QED) is 0.593. The highest BCUT2D eigenvalue weighted by atomic mass is 32.1. The van der Waals surface area contributed by atoms with Crippen molar-refractivity contribution in [3.05, 3.63) is 59.3 Å². The third-order valence-electron chi connectivity index (χ3n) is 2.84. The molecule has 2 heterocycles. The Morgan fingerprint density at radius 1 is 1.25 bits per heavy atom. The number of hydrogen-bond donors (Lipinski definition) is 1. The maximum absolute atomic E-state index is 5.27. The summed E-state index contributed by atoms with van der Waals surface area (Å²) in [6.07, 6.45) is 7.24. The van der Waals surface area contributed by atoms with Crippen molar-refractivity contribution in [1.29, 1.82) is 0 Å². The van der Waals surface area contributed by atoms with Crippen LogP contribution in [0.15, 0.2) is 54.0 Å². The van der Waals surface area contributed by atoms with Crippen LogP contribution in [0.5, 0.6) is 0 Å². The first-order valence-electron chi connectivity index (χ1n) is 6.12. The van der Waals surface area contributed by atoms with Gasteiger partial charge >= 0.3 is 0 Å². The van der Waals surface area contributed by atoms with Gasteiger partial charge < -0.3 is 4.98 Å². The van der Waals surface area contributed by atoms with E-state index in [2.05, 4.69) is 15.2 Å². The number of aromatic nitrogens is 4. The number of imidazole rings is 1. The zero-order valence-electron chi connectivity index (χ0n) is 10.9. The second-order valence-electron chi connectivity index (χ2n) is 4.38. The average Bonchev–Trinajstić information content (AvgIpc) is 3.04. The van der Waals surface area contributed by atoms with Gasteiger partial charge in [-0.05, 0) is 17.8 Å². The van der Waals surface area contributed by atoms with Gasteiger partial charge in [0.25, 0.3) is 0 Å². The summed E-state index contributed by atoms with van der Waals surface area (Å²) in [5.41, 5.74) is 2.95. The Morgan fingerprint density at radius 2 is 2.05 bits per heavy atom. The Hall–Kier alpha value is -2.47. The SMILES string of the molecule is Cn1cc(/C=N/n2cc(-c3ccccc3)[nH]c2=S)cn1. The Morgan fingerprint density at radius 3 is 2.75 bits per heavy atom. The molecule has 1 N–H and O–H groups in total. The lowest BCUT2D eigenvalue weighted by atomic mass is 10.2. The molecule has 0 saturated carbocycles. The van der Waals surface area contributed by atoms with E-state index in [1.54, 1.807) is 21.8 Å². The fourth-order valence-electron chi connectivity index (χ4n) is 1.87. The molecule has 0 saturated heterocycles. The monoisotopic (exact) mass is 283 g/mol. The lowest BCUT2D eigenvalue weighted by Gasteiger charge is -1.94. The van der Waals surface area contributed by atoms with Gasteiger partial charge in [-0.3, -0.25) is 4.68 Å². The van der Waals surface area contributed by atoms with Crippen LogP contribution in [0.1, 0.15) is 5.56 Å². The highest BCUT2D eigenvalue weighted by Gasteiger charge is 2.01. The fraction of sp³-hybridized carbons (Fsp3) is 0.0714. The van der Waals surface area contributed by atoms with Crippen molar-refractivity contribution >= 4 is 18.4 Å². The van der Waals surface area contributed by atoms with Crippen LogP contribution in [0.2, 0.25) is 0 Å². The van der Waals surface area contributed by atoms with Gasteiger partial charge in [0.2, 0.25) is 0 Å². The maximum Gasteiger partial charge on any atom is 0.198 e. The van der Waals surface area contributed by atoms with Crippen molar-refractivity contribution in [3.8, 4) is 11.3 Å². The van der Waals surface area contributed by atoms with Crippen LogP contribution in [0.25, 0.3) is 11.3 Å². The zero-order chi connectivity index (χ0) is 13.9. The Balaban J connectivity index is 1.90. The van der Waals surface area contributed by atoms with Gasteiger partial charge in [0.15, 0.2) is 4.77 Å². The molecule has 6 heteroatoms. The van der Waals surface area contributed by atoms with E-state index in [0.29, 0.717) is 4.77 Å². The van der Waals surface area contributed by atoms with Crippen LogP contribution in [0.4, 0.5) is 0 Å². The molecule has 20 heavy (non-hydrogen) atoms. The van der Waals surface area contributed by atoms with Gasteiger partial charge in [-0.1, -0.05) is 30.3 Å². The van der Waals surface area contributed by atoms with E-state index in [1.807, 2.05) is 49.8 Å². The van der Waals surface area contributed by atoms with Crippen molar-refractivity contribution in [1.82, 2.24) is 19.4 Å². The predicted molar refractivity (Wildman–Crippen MR) is 81.3 cm³/mol. The summed E-state index contributed by atoms with van der Waals surface area (Å²) in [6, 6.07) is 10.0. The number of hydrogen-bond acceptors (Lipinski definition) is 3. The molecule has 3 rings (SSSR count). The minimum absolute atomic E-state index is 0.559. The van der Waals surface area contributed by atoms with E-state index >= 15 is 0 Å². The Kier molecular flexibility index (Phi) is 3.30. The number of rotatable bonds is 3. The van der Waals surface area contributed by atoms with E-state index in [-0.39, 0.29) is 0 Å². The molecule has 0 amide bonds. The summed E-state index contributed by atoms with van der Waals surface area (Å²) in [7, 11) is 1.87. The van der Waals surface area contributed by atoms with Gasteiger partial charge in [-0.2, -0.15) is 10.2 Å². The molecule has 0 bridgehead atoms. The van der Waals surface area contributed by atoms with Crippen molar-refractivity contribution in [2.75, 3.05) is 0 Å². The van der Waals surface area contributed by atoms with Gasteiger partial charge in [0, 0.05) is 18.8 Å². The van der Waals surface area contributed by atoms with Crippen LogP contribution in [-0.2, 0) is 7.05 Å².